The molecule has 0 radical (unpaired) electrons. The van der Waals surface area contributed by atoms with Gasteiger partial charge in [0.05, 0.1) is 5.56 Å². The molecule has 2 aliphatic carbocycles. The summed E-state index contributed by atoms with van der Waals surface area (Å²) in [5, 5.41) is 0. The van der Waals surface area contributed by atoms with Crippen molar-refractivity contribution >= 4 is 45.2 Å². The Morgan fingerprint density at radius 3 is 1.82 bits per heavy atom. The number of hydrogen-bond donors (Lipinski definition) is 1. The third kappa shape index (κ3) is 8.58. The van der Waals surface area contributed by atoms with Crippen LogP contribution in [0.1, 0.15) is 128 Å². The smallest absolute Gasteiger partial charge is 0.289 e. The van der Waals surface area contributed by atoms with Gasteiger partial charge in [-0.1, -0.05) is 138 Å². The van der Waals surface area contributed by atoms with Gasteiger partial charge in [-0.25, -0.2) is 0 Å². The van der Waals surface area contributed by atoms with Crippen LogP contribution in [0.2, 0.25) is 0 Å². The van der Waals surface area contributed by atoms with Crippen LogP contribution in [0, 0.1) is 5.92 Å². The molecular weight excluding hydrogens is 741 g/mol. The Hall–Kier alpha value is -3.95. The van der Waals surface area contributed by atoms with Gasteiger partial charge in [0.15, 0.2) is 11.6 Å². The van der Waals surface area contributed by atoms with Crippen LogP contribution in [-0.4, -0.2) is 24.5 Å². The van der Waals surface area contributed by atoms with Gasteiger partial charge in [0.1, 0.15) is 4.90 Å². The van der Waals surface area contributed by atoms with E-state index in [1.54, 1.807) is 12.1 Å². The molecule has 1 fully saturated rings. The van der Waals surface area contributed by atoms with Crippen molar-refractivity contribution in [1.82, 2.24) is 0 Å². The number of hydrogen-bond acceptors (Lipinski definition) is 6. The molecule has 1 N–H and O–H groups in total. The highest BCUT2D eigenvalue weighted by Gasteiger charge is 2.38. The first-order valence-corrected chi connectivity index (χ1v) is 22.4. The molecule has 2 aliphatic rings. The minimum atomic E-state index is -4.81. The van der Waals surface area contributed by atoms with Crippen LogP contribution in [0.4, 0.5) is 0 Å². The van der Waals surface area contributed by atoms with E-state index in [0.717, 1.165) is 26.8 Å². The molecule has 5 aromatic rings. The highest BCUT2D eigenvalue weighted by atomic mass is 32.2. The molecular formula is C47H48O5S3. The standard InChI is InChI=1S/C47H48O5S3/c1-5-6-7-9-30-12-14-31(15-13-30)32-16-18-33(19-17-32)34-20-24-36(25-21-34)54-40-28-29-41(55(50,51)52)44-43(40)46(49)42-38(45(44)48)10-8-11-39(42)53-37-26-22-35(23-27-37)47(2,3)4/h8,10-11,16-31H,5-7,9,12-15H2,1-4H3,(H,50,51,52). The molecule has 0 unspecified atom stereocenters. The van der Waals surface area contributed by atoms with Crippen LogP contribution in [0.15, 0.2) is 128 Å². The predicted octanol–water partition coefficient (Wildman–Crippen LogP) is 12.8. The van der Waals surface area contributed by atoms with Crippen molar-refractivity contribution in [3.8, 4) is 11.1 Å². The normalized spacial score (nSPS) is 17.2. The molecule has 0 aromatic heterocycles. The van der Waals surface area contributed by atoms with E-state index in [9.17, 15) is 22.6 Å². The molecule has 0 atom stereocenters. The van der Waals surface area contributed by atoms with Crippen molar-refractivity contribution in [1.29, 1.82) is 0 Å². The van der Waals surface area contributed by atoms with E-state index in [-0.39, 0.29) is 27.7 Å². The minimum Gasteiger partial charge on any atom is -0.289 e. The van der Waals surface area contributed by atoms with Gasteiger partial charge in [-0.15, -0.1) is 0 Å². The molecule has 1 saturated carbocycles. The van der Waals surface area contributed by atoms with E-state index >= 15 is 0 Å². The second-order valence-electron chi connectivity index (χ2n) is 16.0. The Balaban J connectivity index is 1.13. The van der Waals surface area contributed by atoms with E-state index in [4.69, 9.17) is 0 Å². The number of ketones is 2. The molecule has 7 rings (SSSR count). The van der Waals surface area contributed by atoms with E-state index in [1.807, 2.05) is 42.5 Å². The van der Waals surface area contributed by atoms with Crippen molar-refractivity contribution in [3.63, 3.8) is 0 Å². The molecule has 0 bridgehead atoms. The molecule has 0 aliphatic heterocycles. The summed E-state index contributed by atoms with van der Waals surface area (Å²) in [5.74, 6) is 0.458. The summed E-state index contributed by atoms with van der Waals surface area (Å²) in [5.41, 5.74) is 4.82. The highest BCUT2D eigenvalue weighted by Crippen LogP contribution is 2.44. The minimum absolute atomic E-state index is 0.0107. The fraction of sp³-hybridized carbons (Fsp3) is 0.319. The predicted molar refractivity (Wildman–Crippen MR) is 224 cm³/mol. The number of benzene rings is 5. The molecule has 5 nitrogen and oxygen atoms in total. The summed E-state index contributed by atoms with van der Waals surface area (Å²) in [7, 11) is -4.81. The van der Waals surface area contributed by atoms with Crippen LogP contribution >= 0.6 is 23.5 Å². The van der Waals surface area contributed by atoms with Crippen LogP contribution in [0.3, 0.4) is 0 Å². The highest BCUT2D eigenvalue weighted by molar-refractivity contribution is 7.99. The first-order valence-electron chi connectivity index (χ1n) is 19.4. The molecule has 284 valence electrons. The number of unbranched alkanes of at least 4 members (excludes halogenated alkanes) is 2. The van der Waals surface area contributed by atoms with E-state index in [1.165, 1.54) is 98.1 Å². The Kier molecular flexibility index (Phi) is 11.6. The summed E-state index contributed by atoms with van der Waals surface area (Å²) in [6.07, 6.45) is 10.6. The van der Waals surface area contributed by atoms with Crippen LogP contribution < -0.4 is 0 Å². The van der Waals surface area contributed by atoms with Gasteiger partial charge in [0.2, 0.25) is 0 Å². The van der Waals surface area contributed by atoms with Crippen molar-refractivity contribution in [3.05, 3.63) is 137 Å². The zero-order valence-electron chi connectivity index (χ0n) is 31.9. The SMILES string of the molecule is CCCCCC1CCC(c2ccc(-c3ccc(Sc4ccc(S(=O)(=O)O)c5c4C(=O)c4c(Sc6ccc(C(C)(C)C)cc6)cccc4C5=O)cc3)cc2)CC1. The lowest BCUT2D eigenvalue weighted by Crippen LogP contribution is -2.25. The topological polar surface area (TPSA) is 88.5 Å². The fourth-order valence-corrected chi connectivity index (χ4v) is 10.7. The Bertz CT molecular complexity index is 2310. The van der Waals surface area contributed by atoms with Crippen LogP contribution in [-0.2, 0) is 15.5 Å². The Labute approximate surface area is 334 Å². The quantitative estimate of drug-likeness (QED) is 0.103. The average molecular weight is 789 g/mol. The van der Waals surface area contributed by atoms with E-state index in [2.05, 4.69) is 64.1 Å². The van der Waals surface area contributed by atoms with E-state index in [0.29, 0.717) is 15.7 Å². The maximum atomic E-state index is 14.5. The van der Waals surface area contributed by atoms with Gasteiger partial charge < -0.3 is 0 Å². The van der Waals surface area contributed by atoms with Crippen molar-refractivity contribution in [2.45, 2.75) is 115 Å². The summed E-state index contributed by atoms with van der Waals surface area (Å²) in [4.78, 5) is 30.9. The summed E-state index contributed by atoms with van der Waals surface area (Å²) in [6, 6.07) is 32.9. The third-order valence-electron chi connectivity index (χ3n) is 11.2. The lowest BCUT2D eigenvalue weighted by molar-refractivity contribution is 0.0972. The second kappa shape index (κ2) is 16.3. The molecule has 55 heavy (non-hydrogen) atoms. The van der Waals surface area contributed by atoms with Crippen molar-refractivity contribution in [2.24, 2.45) is 5.92 Å². The van der Waals surface area contributed by atoms with Gasteiger partial charge in [-0.2, -0.15) is 8.42 Å². The van der Waals surface area contributed by atoms with Gasteiger partial charge in [-0.3, -0.25) is 14.1 Å². The van der Waals surface area contributed by atoms with Gasteiger partial charge in [-0.05, 0) is 108 Å². The Morgan fingerprint density at radius 2 is 1.24 bits per heavy atom. The molecule has 0 heterocycles. The van der Waals surface area contributed by atoms with Gasteiger partial charge >= 0.3 is 0 Å². The molecule has 0 saturated heterocycles. The number of carbonyl (C=O) groups excluding carboxylic acids is 2. The summed E-state index contributed by atoms with van der Waals surface area (Å²) >= 11 is 2.68. The first-order chi connectivity index (χ1) is 26.3. The third-order valence-corrected chi connectivity index (χ3v) is 14.2. The van der Waals surface area contributed by atoms with Crippen molar-refractivity contribution < 1.29 is 22.6 Å². The largest absolute Gasteiger partial charge is 0.295 e. The second-order valence-corrected chi connectivity index (χ2v) is 19.6. The zero-order chi connectivity index (χ0) is 38.9. The Morgan fingerprint density at radius 1 is 0.655 bits per heavy atom. The van der Waals surface area contributed by atoms with Crippen molar-refractivity contribution in [2.75, 3.05) is 0 Å². The summed E-state index contributed by atoms with van der Waals surface area (Å²) < 4.78 is 35.3. The molecule has 5 aromatic carbocycles. The number of carbonyl (C=O) groups is 2. The monoisotopic (exact) mass is 788 g/mol. The van der Waals surface area contributed by atoms with Crippen LogP contribution in [0.5, 0.6) is 0 Å². The number of rotatable bonds is 11. The number of fused-ring (bicyclic) bond motifs is 2. The maximum Gasteiger partial charge on any atom is 0.295 e. The molecule has 8 heteroatoms. The zero-order valence-corrected chi connectivity index (χ0v) is 34.4. The maximum absolute atomic E-state index is 14.5. The first kappa shape index (κ1) is 39.3. The molecule has 0 amide bonds. The van der Waals surface area contributed by atoms with Crippen LogP contribution in [0.25, 0.3) is 11.1 Å². The van der Waals surface area contributed by atoms with Gasteiger partial charge in [0, 0.05) is 36.3 Å². The molecule has 0 spiro atoms. The van der Waals surface area contributed by atoms with Gasteiger partial charge in [0.25, 0.3) is 10.1 Å². The average Bonchev–Trinajstić information content (AvgIpc) is 3.17. The summed E-state index contributed by atoms with van der Waals surface area (Å²) in [6.45, 7) is 8.71. The fourth-order valence-electron chi connectivity index (χ4n) is 8.02. The van der Waals surface area contributed by atoms with E-state index < -0.39 is 26.6 Å². The lowest BCUT2D eigenvalue weighted by atomic mass is 9.77. The lowest BCUT2D eigenvalue weighted by Gasteiger charge is -2.29.